The number of carbonyl (C=O) groups is 1. The summed E-state index contributed by atoms with van der Waals surface area (Å²) in [6.07, 6.45) is 5.04. The second-order valence-electron chi connectivity index (χ2n) is 4.08. The van der Waals surface area contributed by atoms with Crippen molar-refractivity contribution in [1.29, 1.82) is 0 Å². The molecule has 1 aromatic carbocycles. The van der Waals surface area contributed by atoms with Crippen molar-refractivity contribution < 1.29 is 4.79 Å². The van der Waals surface area contributed by atoms with E-state index < -0.39 is 0 Å². The molecule has 0 aliphatic carbocycles. The molecular weight excluding hydrogens is 228 g/mol. The van der Waals surface area contributed by atoms with Crippen LogP contribution in [-0.4, -0.2) is 15.5 Å². The highest BCUT2D eigenvalue weighted by molar-refractivity contribution is 5.93. The number of imidazole rings is 1. The van der Waals surface area contributed by atoms with Crippen LogP contribution in [0.25, 0.3) is 0 Å². The van der Waals surface area contributed by atoms with Gasteiger partial charge in [-0.2, -0.15) is 0 Å². The number of hydrogen-bond acceptors (Lipinski definition) is 3. The highest BCUT2D eigenvalue weighted by atomic mass is 16.2. The summed E-state index contributed by atoms with van der Waals surface area (Å²) in [5, 5.41) is 2.86. The van der Waals surface area contributed by atoms with Gasteiger partial charge in [0.1, 0.15) is 6.04 Å². The van der Waals surface area contributed by atoms with Gasteiger partial charge < -0.3 is 15.6 Å². The molecule has 1 heterocycles. The van der Waals surface area contributed by atoms with Crippen LogP contribution < -0.4 is 11.1 Å². The standard InChI is InChI=1S/C13H16N4O/c1-10(17-6-5-15-9-17)13(18)16-12-4-2-3-11(7-12)8-14/h2-7,9-10H,8,14H2,1H3,(H,16,18). The molecule has 0 bridgehead atoms. The maximum atomic E-state index is 12.0. The third-order valence-electron chi connectivity index (χ3n) is 2.78. The minimum absolute atomic E-state index is 0.0813. The molecular formula is C13H16N4O. The molecule has 0 radical (unpaired) electrons. The lowest BCUT2D eigenvalue weighted by atomic mass is 10.2. The number of carbonyl (C=O) groups excluding carboxylic acids is 1. The number of anilines is 1. The smallest absolute Gasteiger partial charge is 0.247 e. The molecule has 1 atom stereocenters. The molecule has 5 nitrogen and oxygen atoms in total. The zero-order chi connectivity index (χ0) is 13.0. The van der Waals surface area contributed by atoms with Gasteiger partial charge in [-0.15, -0.1) is 0 Å². The summed E-state index contributed by atoms with van der Waals surface area (Å²) < 4.78 is 1.75. The van der Waals surface area contributed by atoms with E-state index in [-0.39, 0.29) is 11.9 Å². The number of aromatic nitrogens is 2. The summed E-state index contributed by atoms with van der Waals surface area (Å²) in [6.45, 7) is 2.28. The molecule has 94 valence electrons. The first-order valence-corrected chi connectivity index (χ1v) is 5.78. The van der Waals surface area contributed by atoms with Crippen LogP contribution in [0, 0.1) is 0 Å². The van der Waals surface area contributed by atoms with Gasteiger partial charge in [0, 0.05) is 24.6 Å². The van der Waals surface area contributed by atoms with Crippen molar-refractivity contribution in [2.45, 2.75) is 19.5 Å². The lowest BCUT2D eigenvalue weighted by molar-refractivity contribution is -0.118. The average Bonchev–Trinajstić information content (AvgIpc) is 2.92. The molecule has 2 rings (SSSR count). The van der Waals surface area contributed by atoms with Crippen molar-refractivity contribution in [2.75, 3.05) is 5.32 Å². The van der Waals surface area contributed by atoms with Crippen molar-refractivity contribution in [2.24, 2.45) is 5.73 Å². The Morgan fingerprint density at radius 1 is 1.56 bits per heavy atom. The van der Waals surface area contributed by atoms with E-state index in [9.17, 15) is 4.79 Å². The van der Waals surface area contributed by atoms with Crippen molar-refractivity contribution in [3.8, 4) is 0 Å². The molecule has 0 aliphatic rings. The Morgan fingerprint density at radius 3 is 3.06 bits per heavy atom. The lowest BCUT2D eigenvalue weighted by Gasteiger charge is -2.13. The van der Waals surface area contributed by atoms with Gasteiger partial charge in [0.2, 0.25) is 5.91 Å². The number of nitrogens with two attached hydrogens (primary N) is 1. The van der Waals surface area contributed by atoms with Gasteiger partial charge in [-0.25, -0.2) is 4.98 Å². The summed E-state index contributed by atoms with van der Waals surface area (Å²) in [7, 11) is 0. The topological polar surface area (TPSA) is 72.9 Å². The van der Waals surface area contributed by atoms with E-state index in [4.69, 9.17) is 5.73 Å². The molecule has 1 amide bonds. The maximum absolute atomic E-state index is 12.0. The number of amides is 1. The molecule has 18 heavy (non-hydrogen) atoms. The summed E-state index contributed by atoms with van der Waals surface area (Å²) >= 11 is 0. The van der Waals surface area contributed by atoms with Gasteiger partial charge in [-0.1, -0.05) is 12.1 Å². The van der Waals surface area contributed by atoms with E-state index >= 15 is 0 Å². The second kappa shape index (κ2) is 5.46. The van der Waals surface area contributed by atoms with Crippen LogP contribution in [0.1, 0.15) is 18.5 Å². The SMILES string of the molecule is CC(C(=O)Nc1cccc(CN)c1)n1ccnc1. The largest absolute Gasteiger partial charge is 0.326 e. The number of nitrogens with one attached hydrogen (secondary N) is 1. The van der Waals surface area contributed by atoms with Crippen LogP contribution >= 0.6 is 0 Å². The summed E-state index contributed by atoms with van der Waals surface area (Å²) in [6, 6.07) is 7.22. The zero-order valence-electron chi connectivity index (χ0n) is 10.2. The minimum atomic E-state index is -0.297. The van der Waals surface area contributed by atoms with Crippen LogP contribution in [0.15, 0.2) is 43.0 Å². The van der Waals surface area contributed by atoms with E-state index in [1.807, 2.05) is 31.2 Å². The van der Waals surface area contributed by atoms with Crippen LogP contribution in [0.3, 0.4) is 0 Å². The van der Waals surface area contributed by atoms with Crippen molar-refractivity contribution >= 4 is 11.6 Å². The Morgan fingerprint density at radius 2 is 2.39 bits per heavy atom. The highest BCUT2D eigenvalue weighted by Crippen LogP contribution is 2.13. The first-order chi connectivity index (χ1) is 8.70. The van der Waals surface area contributed by atoms with E-state index in [2.05, 4.69) is 10.3 Å². The zero-order valence-corrected chi connectivity index (χ0v) is 10.2. The Hall–Kier alpha value is -2.14. The predicted octanol–water partition coefficient (Wildman–Crippen LogP) is 1.54. The van der Waals surface area contributed by atoms with Crippen LogP contribution in [0.4, 0.5) is 5.69 Å². The molecule has 1 aromatic heterocycles. The third-order valence-corrected chi connectivity index (χ3v) is 2.78. The molecule has 2 aromatic rings. The van der Waals surface area contributed by atoms with Crippen LogP contribution in [0.5, 0.6) is 0 Å². The molecule has 0 fully saturated rings. The number of nitrogens with zero attached hydrogens (tertiary/aromatic N) is 2. The van der Waals surface area contributed by atoms with Crippen LogP contribution in [0.2, 0.25) is 0 Å². The Balaban J connectivity index is 2.06. The molecule has 0 saturated heterocycles. The quantitative estimate of drug-likeness (QED) is 0.856. The van der Waals surface area contributed by atoms with Gasteiger partial charge in [0.25, 0.3) is 0 Å². The average molecular weight is 244 g/mol. The maximum Gasteiger partial charge on any atom is 0.247 e. The Labute approximate surface area is 106 Å². The number of hydrogen-bond donors (Lipinski definition) is 2. The highest BCUT2D eigenvalue weighted by Gasteiger charge is 2.14. The first kappa shape index (κ1) is 12.3. The first-order valence-electron chi connectivity index (χ1n) is 5.78. The molecule has 3 N–H and O–H groups in total. The fourth-order valence-corrected chi connectivity index (χ4v) is 1.66. The van der Waals surface area contributed by atoms with Gasteiger partial charge in [0.05, 0.1) is 6.33 Å². The Kier molecular flexibility index (Phi) is 3.74. The van der Waals surface area contributed by atoms with Gasteiger partial charge >= 0.3 is 0 Å². The fraction of sp³-hybridized carbons (Fsp3) is 0.231. The molecule has 5 heteroatoms. The summed E-state index contributed by atoms with van der Waals surface area (Å²) in [4.78, 5) is 15.9. The van der Waals surface area contributed by atoms with Gasteiger partial charge in [0.15, 0.2) is 0 Å². The van der Waals surface area contributed by atoms with Crippen molar-refractivity contribution in [3.63, 3.8) is 0 Å². The summed E-state index contributed by atoms with van der Waals surface area (Å²) in [5.74, 6) is -0.0813. The van der Waals surface area contributed by atoms with Gasteiger partial charge in [-0.3, -0.25) is 4.79 Å². The fourth-order valence-electron chi connectivity index (χ4n) is 1.66. The van der Waals surface area contributed by atoms with Crippen molar-refractivity contribution in [3.05, 3.63) is 48.5 Å². The van der Waals surface area contributed by atoms with E-state index in [1.54, 1.807) is 23.3 Å². The molecule has 0 spiro atoms. The molecule has 0 saturated carbocycles. The third kappa shape index (κ3) is 2.75. The lowest BCUT2D eigenvalue weighted by Crippen LogP contribution is -2.22. The van der Waals surface area contributed by atoms with Crippen LogP contribution in [-0.2, 0) is 11.3 Å². The number of benzene rings is 1. The van der Waals surface area contributed by atoms with Gasteiger partial charge in [-0.05, 0) is 24.6 Å². The molecule has 1 unspecified atom stereocenters. The second-order valence-corrected chi connectivity index (χ2v) is 4.08. The normalized spacial score (nSPS) is 12.1. The minimum Gasteiger partial charge on any atom is -0.326 e. The van der Waals surface area contributed by atoms with E-state index in [0.29, 0.717) is 6.54 Å². The van der Waals surface area contributed by atoms with E-state index in [0.717, 1.165) is 11.3 Å². The Bertz CT molecular complexity index is 522. The predicted molar refractivity (Wildman–Crippen MR) is 69.9 cm³/mol. The number of rotatable bonds is 4. The van der Waals surface area contributed by atoms with E-state index in [1.165, 1.54) is 0 Å². The monoisotopic (exact) mass is 244 g/mol. The van der Waals surface area contributed by atoms with Crippen molar-refractivity contribution in [1.82, 2.24) is 9.55 Å². The molecule has 0 aliphatic heterocycles. The summed E-state index contributed by atoms with van der Waals surface area (Å²) in [5.41, 5.74) is 7.31.